The number of nitrogens with zero attached hydrogens (tertiary/aromatic N) is 4. The van der Waals surface area contributed by atoms with Crippen molar-refractivity contribution in [2.45, 2.75) is 69.9 Å². The van der Waals surface area contributed by atoms with Crippen LogP contribution in [0.15, 0.2) is 44.7 Å². The lowest BCUT2D eigenvalue weighted by atomic mass is 9.94. The van der Waals surface area contributed by atoms with Crippen LogP contribution in [0, 0.1) is 12.7 Å². The zero-order chi connectivity index (χ0) is 30.4. The highest BCUT2D eigenvalue weighted by atomic mass is 32.1. The quantitative estimate of drug-likeness (QED) is 0.318. The van der Waals surface area contributed by atoms with Gasteiger partial charge >= 0.3 is 5.69 Å². The SMILES string of the molecule is COc1ccc(F)cc1[C@H](Cn1c(=O)n([C@H]2CCN(C)C2=O)c(=O)c2c(C)c(-c3ncco3)sc21)O[C@H]1CC[C@H](O)CC1. The van der Waals surface area contributed by atoms with E-state index in [9.17, 15) is 23.9 Å². The van der Waals surface area contributed by atoms with Crippen LogP contribution in [-0.4, -0.2) is 62.9 Å². The van der Waals surface area contributed by atoms with Gasteiger partial charge in [0.15, 0.2) is 0 Å². The van der Waals surface area contributed by atoms with Gasteiger partial charge in [0.05, 0.1) is 42.3 Å². The Morgan fingerprint density at radius 1 is 1.19 bits per heavy atom. The summed E-state index contributed by atoms with van der Waals surface area (Å²) in [6, 6.07) is 3.17. The van der Waals surface area contributed by atoms with E-state index in [0.29, 0.717) is 71.1 Å². The number of aromatic nitrogens is 3. The topological polar surface area (TPSA) is 129 Å². The highest BCUT2D eigenvalue weighted by molar-refractivity contribution is 7.22. The number of carbonyl (C=O) groups excluding carboxylic acids is 1. The Morgan fingerprint density at radius 2 is 1.95 bits per heavy atom. The smallest absolute Gasteiger partial charge is 0.332 e. The fourth-order valence-corrected chi connectivity index (χ4v) is 7.38. The number of methoxy groups -OCH3 is 1. The van der Waals surface area contributed by atoms with Gasteiger partial charge in [-0.3, -0.25) is 14.2 Å². The average Bonchev–Trinajstić information content (AvgIpc) is 3.72. The number of amides is 1. The first kappa shape index (κ1) is 29.3. The molecule has 0 unspecified atom stereocenters. The van der Waals surface area contributed by atoms with Crippen molar-refractivity contribution in [1.29, 1.82) is 0 Å². The minimum atomic E-state index is -0.951. The number of oxazole rings is 1. The van der Waals surface area contributed by atoms with Crippen molar-refractivity contribution in [3.05, 3.63) is 68.4 Å². The molecular weight excluding hydrogens is 579 g/mol. The number of thiophene rings is 1. The second-order valence-electron chi connectivity index (χ2n) is 11.1. The molecule has 1 saturated carbocycles. The summed E-state index contributed by atoms with van der Waals surface area (Å²) in [4.78, 5) is 48.1. The molecule has 1 N–H and O–H groups in total. The molecule has 6 rings (SSSR count). The first-order chi connectivity index (χ1) is 20.7. The molecule has 3 aromatic heterocycles. The molecule has 4 aromatic rings. The van der Waals surface area contributed by atoms with E-state index in [4.69, 9.17) is 13.9 Å². The van der Waals surface area contributed by atoms with Crippen LogP contribution in [-0.2, 0) is 16.1 Å². The Balaban J connectivity index is 1.55. The summed E-state index contributed by atoms with van der Waals surface area (Å²) < 4.78 is 34.8. The number of likely N-dealkylation sites (tertiary alicyclic amines) is 1. The monoisotopic (exact) mass is 612 g/mol. The molecule has 0 spiro atoms. The minimum Gasteiger partial charge on any atom is -0.496 e. The summed E-state index contributed by atoms with van der Waals surface area (Å²) in [7, 11) is 3.12. The number of ether oxygens (including phenoxy) is 2. The number of aliphatic hydroxyl groups excluding tert-OH is 1. The van der Waals surface area contributed by atoms with Crippen molar-refractivity contribution < 1.29 is 28.2 Å². The summed E-state index contributed by atoms with van der Waals surface area (Å²) in [5, 5.41) is 10.3. The van der Waals surface area contributed by atoms with E-state index >= 15 is 0 Å². The molecule has 43 heavy (non-hydrogen) atoms. The van der Waals surface area contributed by atoms with Crippen LogP contribution < -0.4 is 16.0 Å². The molecule has 1 aliphatic carbocycles. The van der Waals surface area contributed by atoms with Gasteiger partial charge < -0.3 is 23.9 Å². The predicted molar refractivity (Wildman–Crippen MR) is 157 cm³/mol. The van der Waals surface area contributed by atoms with Gasteiger partial charge in [-0.2, -0.15) is 0 Å². The Labute approximate surface area is 250 Å². The van der Waals surface area contributed by atoms with Crippen molar-refractivity contribution >= 4 is 27.5 Å². The standard InChI is InChI=1S/C30H33FN4O7S/c1-16-24-28(38)35(21-10-12-33(2)27(21)37)30(39)34(29(24)43-25(16)26-32-11-13-41-26)15-23(42-19-7-5-18(36)6-8-19)20-14-17(31)4-9-22(20)40-3/h4,9,11,13-14,18-19,21,23,36H,5-8,10,12,15H2,1-3H3/t18-,19-,21-,23-/m0/s1. The third-order valence-corrected chi connectivity index (χ3v) is 9.77. The molecule has 2 atom stereocenters. The first-order valence-corrected chi connectivity index (χ1v) is 15.1. The van der Waals surface area contributed by atoms with E-state index in [2.05, 4.69) is 4.98 Å². The number of halogens is 1. The van der Waals surface area contributed by atoms with Crippen LogP contribution in [0.5, 0.6) is 5.75 Å². The summed E-state index contributed by atoms with van der Waals surface area (Å²) in [6.45, 7) is 2.09. The largest absolute Gasteiger partial charge is 0.496 e. The zero-order valence-electron chi connectivity index (χ0n) is 24.1. The fourth-order valence-electron chi connectivity index (χ4n) is 6.13. The van der Waals surface area contributed by atoms with Crippen molar-refractivity contribution in [1.82, 2.24) is 19.0 Å². The van der Waals surface area contributed by atoms with Crippen LogP contribution in [0.2, 0.25) is 0 Å². The highest BCUT2D eigenvalue weighted by Gasteiger charge is 2.36. The van der Waals surface area contributed by atoms with Gasteiger partial charge in [-0.1, -0.05) is 0 Å². The van der Waals surface area contributed by atoms with Crippen LogP contribution in [0.4, 0.5) is 4.39 Å². The van der Waals surface area contributed by atoms with Crippen molar-refractivity contribution in [3.8, 4) is 16.5 Å². The first-order valence-electron chi connectivity index (χ1n) is 14.3. The molecule has 11 nitrogen and oxygen atoms in total. The molecule has 228 valence electrons. The summed E-state index contributed by atoms with van der Waals surface area (Å²) >= 11 is 1.19. The lowest BCUT2D eigenvalue weighted by Crippen LogP contribution is -2.45. The van der Waals surface area contributed by atoms with Gasteiger partial charge in [0.25, 0.3) is 5.56 Å². The number of likely N-dealkylation sites (N-methyl/N-ethyl adjacent to an activating group) is 1. The van der Waals surface area contributed by atoms with Crippen LogP contribution >= 0.6 is 11.3 Å². The molecule has 1 aliphatic heterocycles. The Bertz CT molecular complexity index is 1770. The lowest BCUT2D eigenvalue weighted by molar-refractivity contribution is -0.129. The summed E-state index contributed by atoms with van der Waals surface area (Å²) in [5.74, 6) is -0.120. The fraction of sp³-hybridized carbons (Fsp3) is 0.467. The maximum atomic E-state index is 14.6. The minimum absolute atomic E-state index is 0.0871. The van der Waals surface area contributed by atoms with Gasteiger partial charge in [-0.05, 0) is 62.8 Å². The maximum absolute atomic E-state index is 14.6. The van der Waals surface area contributed by atoms with Crippen molar-refractivity contribution in [3.63, 3.8) is 0 Å². The number of fused-ring (bicyclic) bond motifs is 1. The molecule has 4 heterocycles. The third kappa shape index (κ3) is 5.30. The summed E-state index contributed by atoms with van der Waals surface area (Å²) in [5.41, 5.74) is -0.229. The number of hydrogen-bond donors (Lipinski definition) is 1. The molecule has 1 amide bonds. The normalized spacial score (nSPS) is 21.6. The number of aliphatic hydroxyl groups is 1. The van der Waals surface area contributed by atoms with Crippen molar-refractivity contribution in [2.75, 3.05) is 20.7 Å². The van der Waals surface area contributed by atoms with Crippen LogP contribution in [0.1, 0.15) is 55.4 Å². The molecule has 0 radical (unpaired) electrons. The predicted octanol–water partition coefficient (Wildman–Crippen LogP) is 3.80. The van der Waals surface area contributed by atoms with E-state index < -0.39 is 35.3 Å². The van der Waals surface area contributed by atoms with Gasteiger partial charge in [0, 0.05) is 19.2 Å². The number of hydrogen-bond acceptors (Lipinski definition) is 9. The second-order valence-corrected chi connectivity index (χ2v) is 12.1. The van der Waals surface area contributed by atoms with Gasteiger partial charge in [0.1, 0.15) is 34.8 Å². The number of rotatable bonds is 8. The molecular formula is C30H33FN4O7S. The number of benzene rings is 1. The second kappa shape index (κ2) is 11.7. The molecule has 2 aliphatic rings. The number of aryl methyl sites for hydroxylation is 1. The van der Waals surface area contributed by atoms with E-state index in [1.54, 1.807) is 14.0 Å². The van der Waals surface area contributed by atoms with E-state index in [1.165, 1.54) is 58.6 Å². The molecule has 2 fully saturated rings. The summed E-state index contributed by atoms with van der Waals surface area (Å²) in [6.07, 6.45) is 4.04. The molecule has 13 heteroatoms. The maximum Gasteiger partial charge on any atom is 0.332 e. The highest BCUT2D eigenvalue weighted by Crippen LogP contribution is 2.38. The van der Waals surface area contributed by atoms with Crippen LogP contribution in [0.3, 0.4) is 0 Å². The van der Waals surface area contributed by atoms with Crippen LogP contribution in [0.25, 0.3) is 21.0 Å². The third-order valence-electron chi connectivity index (χ3n) is 8.47. The van der Waals surface area contributed by atoms with Gasteiger partial charge in [-0.15, -0.1) is 11.3 Å². The molecule has 0 bridgehead atoms. The lowest BCUT2D eigenvalue weighted by Gasteiger charge is -2.31. The van der Waals surface area contributed by atoms with Gasteiger partial charge in [-0.25, -0.2) is 18.7 Å². The van der Waals surface area contributed by atoms with E-state index in [0.717, 1.165) is 4.57 Å². The number of carbonyl (C=O) groups is 1. The van der Waals surface area contributed by atoms with Crippen molar-refractivity contribution in [2.24, 2.45) is 0 Å². The van der Waals surface area contributed by atoms with E-state index in [1.807, 2.05) is 0 Å². The Morgan fingerprint density at radius 3 is 2.60 bits per heavy atom. The van der Waals surface area contributed by atoms with E-state index in [-0.39, 0.29) is 23.9 Å². The Hall–Kier alpha value is -3.81. The average molecular weight is 613 g/mol. The molecule has 1 aromatic carbocycles. The zero-order valence-corrected chi connectivity index (χ0v) is 24.9. The Kier molecular flexibility index (Phi) is 7.96. The van der Waals surface area contributed by atoms with Gasteiger partial charge in [0.2, 0.25) is 11.8 Å². The molecule has 1 saturated heterocycles.